The fourth-order valence-electron chi connectivity index (χ4n) is 1.83. The van der Waals surface area contributed by atoms with Crippen LogP contribution >= 0.6 is 15.9 Å². The Hall–Kier alpha value is -0.340. The molecule has 0 bridgehead atoms. The summed E-state index contributed by atoms with van der Waals surface area (Å²) in [6.45, 7) is 3.28. The molecule has 0 amide bonds. The van der Waals surface area contributed by atoms with Crippen molar-refractivity contribution in [3.63, 3.8) is 0 Å². The first kappa shape index (κ1) is 10.2. The largest absolute Gasteiger partial charge is 0.307 e. The summed E-state index contributed by atoms with van der Waals surface area (Å²) >= 11 is 3.56. The molecule has 1 aliphatic rings. The van der Waals surface area contributed by atoms with Crippen molar-refractivity contribution in [1.29, 1.82) is 0 Å². The molecule has 2 rings (SSSR count). The Morgan fingerprint density at radius 1 is 1.36 bits per heavy atom. The summed E-state index contributed by atoms with van der Waals surface area (Å²) in [7, 11) is 0. The van der Waals surface area contributed by atoms with Crippen molar-refractivity contribution in [3.8, 4) is 0 Å². The minimum atomic E-state index is 0.398. The van der Waals surface area contributed by atoms with Crippen LogP contribution in [0.5, 0.6) is 0 Å². The van der Waals surface area contributed by atoms with Gasteiger partial charge in [-0.05, 0) is 37.8 Å². The van der Waals surface area contributed by atoms with Gasteiger partial charge in [0.2, 0.25) is 0 Å². The number of hydrogen-bond acceptors (Lipinski definition) is 1. The van der Waals surface area contributed by atoms with Gasteiger partial charge < -0.3 is 5.32 Å². The molecule has 76 valence electrons. The average molecular weight is 254 g/mol. The molecule has 0 saturated heterocycles. The summed E-state index contributed by atoms with van der Waals surface area (Å²) in [6.07, 6.45) is 4.01. The molecule has 14 heavy (non-hydrogen) atoms. The maximum absolute atomic E-state index is 3.62. The van der Waals surface area contributed by atoms with E-state index in [2.05, 4.69) is 52.4 Å². The molecule has 0 aromatic heterocycles. The highest BCUT2D eigenvalue weighted by Crippen LogP contribution is 2.31. The molecule has 0 spiro atoms. The molecule has 2 heteroatoms. The topological polar surface area (TPSA) is 12.0 Å². The Bertz CT molecular complexity index is 318. The fourth-order valence-corrected chi connectivity index (χ4v) is 2.26. The van der Waals surface area contributed by atoms with Gasteiger partial charge in [0, 0.05) is 16.6 Å². The number of rotatable bonds is 3. The maximum atomic E-state index is 3.62. The van der Waals surface area contributed by atoms with E-state index < -0.39 is 0 Å². The minimum Gasteiger partial charge on any atom is -0.307 e. The summed E-state index contributed by atoms with van der Waals surface area (Å²) in [5.41, 5.74) is 1.75. The van der Waals surface area contributed by atoms with Crippen molar-refractivity contribution in [1.82, 2.24) is 5.32 Å². The van der Waals surface area contributed by atoms with E-state index in [0.717, 1.165) is 6.54 Å². The second-order valence-corrected chi connectivity index (χ2v) is 5.21. The lowest BCUT2D eigenvalue weighted by atomic mass is 9.78. The minimum absolute atomic E-state index is 0.398. The highest BCUT2D eigenvalue weighted by Gasteiger charge is 2.30. The van der Waals surface area contributed by atoms with Gasteiger partial charge in [-0.3, -0.25) is 0 Å². The molecular formula is C12H16BrN. The average Bonchev–Trinajstić information content (AvgIpc) is 2.14. The van der Waals surface area contributed by atoms with E-state index in [1.807, 2.05) is 0 Å². The molecule has 0 atom stereocenters. The zero-order valence-electron chi connectivity index (χ0n) is 8.52. The zero-order chi connectivity index (χ0) is 10.0. The monoisotopic (exact) mass is 253 g/mol. The van der Waals surface area contributed by atoms with Crippen LogP contribution < -0.4 is 5.32 Å². The second kappa shape index (κ2) is 4.03. The lowest BCUT2D eigenvalue weighted by Crippen LogP contribution is -2.47. The van der Waals surface area contributed by atoms with Gasteiger partial charge in [0.05, 0.1) is 0 Å². The molecule has 0 aliphatic heterocycles. The van der Waals surface area contributed by atoms with Gasteiger partial charge in [-0.2, -0.15) is 0 Å². The van der Waals surface area contributed by atoms with Crippen LogP contribution in [0.25, 0.3) is 0 Å². The lowest BCUT2D eigenvalue weighted by Gasteiger charge is -2.39. The van der Waals surface area contributed by atoms with Crippen molar-refractivity contribution >= 4 is 15.9 Å². The number of benzene rings is 1. The Balaban J connectivity index is 1.95. The number of halogens is 1. The highest BCUT2D eigenvalue weighted by molar-refractivity contribution is 9.10. The van der Waals surface area contributed by atoms with Gasteiger partial charge in [0.1, 0.15) is 0 Å². The SMILES string of the molecule is CC1(NCc2ccccc2Br)CCC1. The van der Waals surface area contributed by atoms with Crippen molar-refractivity contribution < 1.29 is 0 Å². The maximum Gasteiger partial charge on any atom is 0.0221 e. The summed E-state index contributed by atoms with van der Waals surface area (Å²) in [5, 5.41) is 3.62. The predicted molar refractivity (Wildman–Crippen MR) is 63.2 cm³/mol. The first-order valence-corrected chi connectivity index (χ1v) is 5.97. The number of hydrogen-bond donors (Lipinski definition) is 1. The van der Waals surface area contributed by atoms with Gasteiger partial charge in [0.25, 0.3) is 0 Å². The molecule has 1 aliphatic carbocycles. The second-order valence-electron chi connectivity index (χ2n) is 4.36. The summed E-state index contributed by atoms with van der Waals surface area (Å²) in [4.78, 5) is 0. The smallest absolute Gasteiger partial charge is 0.0221 e. The molecule has 0 radical (unpaired) electrons. The van der Waals surface area contributed by atoms with E-state index in [1.54, 1.807) is 0 Å². The molecular weight excluding hydrogens is 238 g/mol. The summed E-state index contributed by atoms with van der Waals surface area (Å²) in [6, 6.07) is 8.41. The van der Waals surface area contributed by atoms with Crippen LogP contribution in [0.3, 0.4) is 0 Å². The number of nitrogens with one attached hydrogen (secondary N) is 1. The third kappa shape index (κ3) is 2.18. The molecule has 1 N–H and O–H groups in total. The van der Waals surface area contributed by atoms with E-state index in [9.17, 15) is 0 Å². The van der Waals surface area contributed by atoms with Crippen molar-refractivity contribution in [2.75, 3.05) is 0 Å². The Morgan fingerprint density at radius 2 is 2.07 bits per heavy atom. The summed E-state index contributed by atoms with van der Waals surface area (Å²) in [5.74, 6) is 0. The van der Waals surface area contributed by atoms with Crippen LogP contribution in [0.2, 0.25) is 0 Å². The Morgan fingerprint density at radius 3 is 2.64 bits per heavy atom. The van der Waals surface area contributed by atoms with Crippen LogP contribution in [-0.2, 0) is 6.54 Å². The first-order valence-electron chi connectivity index (χ1n) is 5.18. The third-order valence-electron chi connectivity index (χ3n) is 3.12. The molecule has 1 aromatic rings. The zero-order valence-corrected chi connectivity index (χ0v) is 10.1. The predicted octanol–water partition coefficient (Wildman–Crippen LogP) is 3.48. The van der Waals surface area contributed by atoms with Gasteiger partial charge in [0.15, 0.2) is 0 Å². The molecule has 1 aromatic carbocycles. The van der Waals surface area contributed by atoms with Crippen molar-refractivity contribution in [2.45, 2.75) is 38.3 Å². The standard InChI is InChI=1S/C12H16BrN/c1-12(7-4-8-12)14-9-10-5-2-3-6-11(10)13/h2-3,5-6,14H,4,7-9H2,1H3. The van der Waals surface area contributed by atoms with Crippen LogP contribution in [0.4, 0.5) is 0 Å². The van der Waals surface area contributed by atoms with Gasteiger partial charge >= 0.3 is 0 Å². The van der Waals surface area contributed by atoms with Crippen LogP contribution in [0.15, 0.2) is 28.7 Å². The van der Waals surface area contributed by atoms with Gasteiger partial charge in [-0.15, -0.1) is 0 Å². The van der Waals surface area contributed by atoms with Gasteiger partial charge in [-0.25, -0.2) is 0 Å². The van der Waals surface area contributed by atoms with Crippen molar-refractivity contribution in [2.24, 2.45) is 0 Å². The Labute approximate surface area is 94.0 Å². The Kier molecular flexibility index (Phi) is 2.93. The quantitative estimate of drug-likeness (QED) is 0.870. The third-order valence-corrected chi connectivity index (χ3v) is 3.89. The van der Waals surface area contributed by atoms with Crippen LogP contribution in [0, 0.1) is 0 Å². The van der Waals surface area contributed by atoms with E-state index >= 15 is 0 Å². The fraction of sp³-hybridized carbons (Fsp3) is 0.500. The van der Waals surface area contributed by atoms with E-state index in [1.165, 1.54) is 29.3 Å². The highest BCUT2D eigenvalue weighted by atomic mass is 79.9. The normalized spacial score (nSPS) is 19.0. The molecule has 1 fully saturated rings. The van der Waals surface area contributed by atoms with E-state index in [0.29, 0.717) is 5.54 Å². The van der Waals surface area contributed by atoms with Crippen LogP contribution in [0.1, 0.15) is 31.7 Å². The van der Waals surface area contributed by atoms with E-state index in [-0.39, 0.29) is 0 Å². The molecule has 1 nitrogen and oxygen atoms in total. The lowest BCUT2D eigenvalue weighted by molar-refractivity contribution is 0.206. The molecule has 0 unspecified atom stereocenters. The van der Waals surface area contributed by atoms with Gasteiger partial charge in [-0.1, -0.05) is 34.1 Å². The summed E-state index contributed by atoms with van der Waals surface area (Å²) < 4.78 is 1.20. The van der Waals surface area contributed by atoms with Crippen molar-refractivity contribution in [3.05, 3.63) is 34.3 Å². The molecule has 1 saturated carbocycles. The first-order chi connectivity index (χ1) is 6.70. The van der Waals surface area contributed by atoms with E-state index in [4.69, 9.17) is 0 Å². The van der Waals surface area contributed by atoms with Crippen LogP contribution in [-0.4, -0.2) is 5.54 Å². The molecule has 0 heterocycles.